The van der Waals surface area contributed by atoms with E-state index in [9.17, 15) is 0 Å². The van der Waals surface area contributed by atoms with Crippen molar-refractivity contribution in [3.63, 3.8) is 0 Å². The molecule has 0 atom stereocenters. The van der Waals surface area contributed by atoms with E-state index in [4.69, 9.17) is 11.6 Å². The topological polar surface area (TPSA) is 17.8 Å². The lowest BCUT2D eigenvalue weighted by Crippen LogP contribution is -1.90. The molecular weight excluding hydrogens is 208 g/mol. The molecule has 2 aromatic rings. The van der Waals surface area contributed by atoms with Gasteiger partial charge in [0.25, 0.3) is 0 Å². The zero-order valence-electron chi connectivity index (χ0n) is 9.13. The molecule has 0 unspecified atom stereocenters. The summed E-state index contributed by atoms with van der Waals surface area (Å²) in [5, 5.41) is 0. The normalized spacial score (nSPS) is 11.1. The Bertz CT molecular complexity index is 474. The van der Waals surface area contributed by atoms with Crippen molar-refractivity contribution in [2.75, 3.05) is 5.88 Å². The monoisotopic (exact) mass is 222 g/mol. The summed E-state index contributed by atoms with van der Waals surface area (Å²) in [5.74, 6) is 1.78. The van der Waals surface area contributed by atoms with Gasteiger partial charge in [-0.3, -0.25) is 0 Å². The van der Waals surface area contributed by atoms with E-state index in [0.29, 0.717) is 0 Å². The SMILES string of the molecule is Cc1nc2cc(CCCCl)ccc2n1C. The minimum Gasteiger partial charge on any atom is -0.331 e. The van der Waals surface area contributed by atoms with Gasteiger partial charge in [-0.05, 0) is 37.5 Å². The van der Waals surface area contributed by atoms with Crippen LogP contribution in [-0.2, 0) is 13.5 Å². The fourth-order valence-corrected chi connectivity index (χ4v) is 1.93. The van der Waals surface area contributed by atoms with Crippen LogP contribution >= 0.6 is 11.6 Å². The van der Waals surface area contributed by atoms with Crippen LogP contribution in [0.2, 0.25) is 0 Å². The zero-order chi connectivity index (χ0) is 10.8. The molecule has 80 valence electrons. The second-order valence-electron chi connectivity index (χ2n) is 3.83. The fraction of sp³-hybridized carbons (Fsp3) is 0.417. The molecule has 0 fully saturated rings. The van der Waals surface area contributed by atoms with Gasteiger partial charge < -0.3 is 4.57 Å². The molecule has 0 saturated carbocycles. The zero-order valence-corrected chi connectivity index (χ0v) is 9.88. The number of hydrogen-bond acceptors (Lipinski definition) is 1. The smallest absolute Gasteiger partial charge is 0.106 e. The molecule has 0 bridgehead atoms. The minimum absolute atomic E-state index is 0.722. The van der Waals surface area contributed by atoms with Crippen molar-refractivity contribution in [3.8, 4) is 0 Å². The highest BCUT2D eigenvalue weighted by molar-refractivity contribution is 6.17. The van der Waals surface area contributed by atoms with Crippen molar-refractivity contribution in [1.29, 1.82) is 0 Å². The molecule has 0 saturated heterocycles. The molecule has 0 aliphatic rings. The Morgan fingerprint density at radius 1 is 1.40 bits per heavy atom. The molecule has 0 radical (unpaired) electrons. The largest absolute Gasteiger partial charge is 0.331 e. The first-order valence-electron chi connectivity index (χ1n) is 5.20. The van der Waals surface area contributed by atoms with E-state index in [1.165, 1.54) is 11.1 Å². The van der Waals surface area contributed by atoms with Gasteiger partial charge in [0.05, 0.1) is 11.0 Å². The molecular formula is C12H15ClN2. The molecule has 0 amide bonds. The van der Waals surface area contributed by atoms with E-state index in [1.54, 1.807) is 0 Å². The predicted molar refractivity (Wildman–Crippen MR) is 64.5 cm³/mol. The van der Waals surface area contributed by atoms with Gasteiger partial charge in [0.2, 0.25) is 0 Å². The van der Waals surface area contributed by atoms with Crippen LogP contribution in [0.15, 0.2) is 18.2 Å². The van der Waals surface area contributed by atoms with Gasteiger partial charge in [0.15, 0.2) is 0 Å². The van der Waals surface area contributed by atoms with E-state index in [2.05, 4.69) is 27.8 Å². The molecule has 3 heteroatoms. The standard InChI is InChI=1S/C12H15ClN2/c1-9-14-11-8-10(4-3-7-13)5-6-12(11)15(9)2/h5-6,8H,3-4,7H2,1-2H3. The Balaban J connectivity index is 2.39. The van der Waals surface area contributed by atoms with Gasteiger partial charge >= 0.3 is 0 Å². The number of benzene rings is 1. The lowest BCUT2D eigenvalue weighted by molar-refractivity contribution is 0.885. The summed E-state index contributed by atoms with van der Waals surface area (Å²) in [7, 11) is 2.04. The van der Waals surface area contributed by atoms with Crippen LogP contribution < -0.4 is 0 Å². The third-order valence-electron chi connectivity index (χ3n) is 2.77. The number of aromatic nitrogens is 2. The first-order chi connectivity index (χ1) is 7.22. The molecule has 1 aromatic heterocycles. The average molecular weight is 223 g/mol. The lowest BCUT2D eigenvalue weighted by atomic mass is 10.1. The average Bonchev–Trinajstić information content (AvgIpc) is 2.52. The van der Waals surface area contributed by atoms with E-state index in [1.807, 2.05) is 14.0 Å². The number of imidazole rings is 1. The van der Waals surface area contributed by atoms with Crippen molar-refractivity contribution in [2.45, 2.75) is 19.8 Å². The van der Waals surface area contributed by atoms with Crippen molar-refractivity contribution < 1.29 is 0 Å². The van der Waals surface area contributed by atoms with E-state index in [-0.39, 0.29) is 0 Å². The molecule has 2 nitrogen and oxygen atoms in total. The maximum Gasteiger partial charge on any atom is 0.106 e. The number of halogens is 1. The molecule has 0 spiro atoms. The summed E-state index contributed by atoms with van der Waals surface area (Å²) < 4.78 is 2.11. The van der Waals surface area contributed by atoms with E-state index < -0.39 is 0 Å². The first-order valence-corrected chi connectivity index (χ1v) is 5.74. The Labute approximate surface area is 94.9 Å². The summed E-state index contributed by atoms with van der Waals surface area (Å²) in [6.07, 6.45) is 2.06. The first kappa shape index (κ1) is 10.5. The number of nitrogens with zero attached hydrogens (tertiary/aromatic N) is 2. The highest BCUT2D eigenvalue weighted by Crippen LogP contribution is 2.17. The Kier molecular flexibility index (Phi) is 2.96. The molecule has 1 aromatic carbocycles. The summed E-state index contributed by atoms with van der Waals surface area (Å²) in [5.41, 5.74) is 3.60. The van der Waals surface area contributed by atoms with Crippen molar-refractivity contribution >= 4 is 22.6 Å². The molecule has 2 rings (SSSR count). The minimum atomic E-state index is 0.722. The molecule has 15 heavy (non-hydrogen) atoms. The number of hydrogen-bond donors (Lipinski definition) is 0. The summed E-state index contributed by atoms with van der Waals surface area (Å²) >= 11 is 5.68. The lowest BCUT2D eigenvalue weighted by Gasteiger charge is -2.00. The molecule has 0 aliphatic carbocycles. The van der Waals surface area contributed by atoms with Gasteiger partial charge in [0, 0.05) is 12.9 Å². The predicted octanol–water partition coefficient (Wildman–Crippen LogP) is 3.05. The van der Waals surface area contributed by atoms with Crippen LogP contribution in [0.4, 0.5) is 0 Å². The van der Waals surface area contributed by atoms with Crippen LogP contribution in [0, 0.1) is 6.92 Å². The number of aryl methyl sites for hydroxylation is 3. The van der Waals surface area contributed by atoms with Crippen LogP contribution in [-0.4, -0.2) is 15.4 Å². The van der Waals surface area contributed by atoms with Gasteiger partial charge in [-0.2, -0.15) is 0 Å². The Morgan fingerprint density at radius 3 is 2.93 bits per heavy atom. The maximum atomic E-state index is 5.68. The summed E-state index contributed by atoms with van der Waals surface area (Å²) in [6.45, 7) is 2.03. The Hall–Kier alpha value is -1.02. The van der Waals surface area contributed by atoms with E-state index in [0.717, 1.165) is 30.1 Å². The van der Waals surface area contributed by atoms with Gasteiger partial charge in [0.1, 0.15) is 5.82 Å². The highest BCUT2D eigenvalue weighted by Gasteiger charge is 2.04. The third kappa shape index (κ3) is 2.00. The third-order valence-corrected chi connectivity index (χ3v) is 3.04. The van der Waals surface area contributed by atoms with Crippen LogP contribution in [0.25, 0.3) is 11.0 Å². The van der Waals surface area contributed by atoms with Gasteiger partial charge in [-0.1, -0.05) is 6.07 Å². The van der Waals surface area contributed by atoms with Crippen LogP contribution in [0.5, 0.6) is 0 Å². The van der Waals surface area contributed by atoms with E-state index >= 15 is 0 Å². The van der Waals surface area contributed by atoms with Crippen LogP contribution in [0.3, 0.4) is 0 Å². The second kappa shape index (κ2) is 4.23. The number of alkyl halides is 1. The number of rotatable bonds is 3. The fourth-order valence-electron chi connectivity index (χ4n) is 1.79. The molecule has 0 N–H and O–H groups in total. The van der Waals surface area contributed by atoms with Crippen molar-refractivity contribution in [3.05, 3.63) is 29.6 Å². The number of fused-ring (bicyclic) bond motifs is 1. The van der Waals surface area contributed by atoms with Crippen LogP contribution in [0.1, 0.15) is 17.8 Å². The quantitative estimate of drug-likeness (QED) is 0.730. The molecule has 1 heterocycles. The van der Waals surface area contributed by atoms with Crippen molar-refractivity contribution in [2.24, 2.45) is 7.05 Å². The second-order valence-corrected chi connectivity index (χ2v) is 4.21. The van der Waals surface area contributed by atoms with Gasteiger partial charge in [-0.15, -0.1) is 11.6 Å². The summed E-state index contributed by atoms with van der Waals surface area (Å²) in [6, 6.07) is 6.46. The maximum absolute atomic E-state index is 5.68. The van der Waals surface area contributed by atoms with Gasteiger partial charge in [-0.25, -0.2) is 4.98 Å². The van der Waals surface area contributed by atoms with Crippen molar-refractivity contribution in [1.82, 2.24) is 9.55 Å². The molecule has 0 aliphatic heterocycles. The Morgan fingerprint density at radius 2 is 2.20 bits per heavy atom. The summed E-state index contributed by atoms with van der Waals surface area (Å²) in [4.78, 5) is 4.51. The highest BCUT2D eigenvalue weighted by atomic mass is 35.5.